The van der Waals surface area contributed by atoms with E-state index in [2.05, 4.69) is 10.9 Å². The van der Waals surface area contributed by atoms with Crippen molar-refractivity contribution in [1.29, 1.82) is 0 Å². The third-order valence-electron chi connectivity index (χ3n) is 4.29. The van der Waals surface area contributed by atoms with Crippen molar-refractivity contribution in [2.75, 3.05) is 35.4 Å². The summed E-state index contributed by atoms with van der Waals surface area (Å²) >= 11 is 0. The molecular formula is C21H25N3O7S. The maximum absolute atomic E-state index is 12.3. The molecule has 0 saturated heterocycles. The van der Waals surface area contributed by atoms with Crippen LogP contribution in [0.4, 0.5) is 0 Å². The molecule has 0 aliphatic carbocycles. The molecule has 0 unspecified atom stereocenters. The van der Waals surface area contributed by atoms with Gasteiger partial charge in [0.1, 0.15) is 0 Å². The van der Waals surface area contributed by atoms with Gasteiger partial charge in [0.05, 0.1) is 26.2 Å². The SMILES string of the molecule is COc1cc(/C=C/C(=O)NNC(=O)c2cccc(S(=O)(=O)N(C)C)c2)cc(OC)c1OC. The van der Waals surface area contributed by atoms with E-state index in [-0.39, 0.29) is 10.5 Å². The normalized spacial score (nSPS) is 11.3. The van der Waals surface area contributed by atoms with Crippen LogP contribution in [0.25, 0.3) is 6.08 Å². The first kappa shape index (κ1) is 24.7. The lowest BCUT2D eigenvalue weighted by Crippen LogP contribution is -2.40. The number of sulfonamides is 1. The van der Waals surface area contributed by atoms with Crippen molar-refractivity contribution >= 4 is 27.9 Å². The van der Waals surface area contributed by atoms with Gasteiger partial charge in [-0.15, -0.1) is 0 Å². The molecule has 11 heteroatoms. The average Bonchev–Trinajstić information content (AvgIpc) is 2.80. The number of nitrogens with one attached hydrogen (secondary N) is 2. The smallest absolute Gasteiger partial charge is 0.269 e. The summed E-state index contributed by atoms with van der Waals surface area (Å²) in [5.74, 6) is -0.0116. The monoisotopic (exact) mass is 463 g/mol. The zero-order valence-electron chi connectivity index (χ0n) is 18.3. The topological polar surface area (TPSA) is 123 Å². The highest BCUT2D eigenvalue weighted by molar-refractivity contribution is 7.89. The first-order chi connectivity index (χ1) is 15.1. The Morgan fingerprint density at radius 1 is 0.938 bits per heavy atom. The van der Waals surface area contributed by atoms with E-state index in [0.717, 1.165) is 4.31 Å². The summed E-state index contributed by atoms with van der Waals surface area (Å²) in [4.78, 5) is 24.4. The Morgan fingerprint density at radius 2 is 1.56 bits per heavy atom. The molecule has 2 amide bonds. The highest BCUT2D eigenvalue weighted by Crippen LogP contribution is 2.38. The van der Waals surface area contributed by atoms with E-state index >= 15 is 0 Å². The molecule has 0 bridgehead atoms. The molecule has 0 aliphatic heterocycles. The Balaban J connectivity index is 2.08. The molecule has 0 aliphatic rings. The number of hydrogen-bond donors (Lipinski definition) is 2. The largest absolute Gasteiger partial charge is 0.493 e. The van der Waals surface area contributed by atoms with E-state index in [4.69, 9.17) is 14.2 Å². The fourth-order valence-electron chi connectivity index (χ4n) is 2.61. The lowest BCUT2D eigenvalue weighted by atomic mass is 10.1. The van der Waals surface area contributed by atoms with Gasteiger partial charge in [0.25, 0.3) is 11.8 Å². The number of carbonyl (C=O) groups is 2. The Kier molecular flexibility index (Phi) is 8.21. The van der Waals surface area contributed by atoms with Gasteiger partial charge in [-0.25, -0.2) is 12.7 Å². The molecule has 32 heavy (non-hydrogen) atoms. The summed E-state index contributed by atoms with van der Waals surface area (Å²) in [6.45, 7) is 0. The molecule has 2 rings (SSSR count). The van der Waals surface area contributed by atoms with Gasteiger partial charge in [-0.3, -0.25) is 20.4 Å². The summed E-state index contributed by atoms with van der Waals surface area (Å²) in [7, 11) is 3.53. The predicted octanol–water partition coefficient (Wildman–Crippen LogP) is 1.44. The van der Waals surface area contributed by atoms with Crippen molar-refractivity contribution in [2.24, 2.45) is 0 Å². The van der Waals surface area contributed by atoms with Crippen LogP contribution in [0.15, 0.2) is 47.4 Å². The average molecular weight is 464 g/mol. The minimum Gasteiger partial charge on any atom is -0.493 e. The molecule has 2 aromatic rings. The van der Waals surface area contributed by atoms with Crippen LogP contribution in [-0.2, 0) is 14.8 Å². The molecule has 0 radical (unpaired) electrons. The van der Waals surface area contributed by atoms with Crippen LogP contribution in [0, 0.1) is 0 Å². The number of hydrogen-bond acceptors (Lipinski definition) is 7. The van der Waals surface area contributed by atoms with E-state index < -0.39 is 21.8 Å². The second-order valence-electron chi connectivity index (χ2n) is 6.55. The third kappa shape index (κ3) is 5.77. The lowest BCUT2D eigenvalue weighted by molar-refractivity contribution is -0.117. The number of carbonyl (C=O) groups excluding carboxylic acids is 2. The molecule has 10 nitrogen and oxygen atoms in total. The highest BCUT2D eigenvalue weighted by atomic mass is 32.2. The first-order valence-corrected chi connectivity index (χ1v) is 10.7. The quantitative estimate of drug-likeness (QED) is 0.448. The summed E-state index contributed by atoms with van der Waals surface area (Å²) in [6, 6.07) is 8.79. The molecule has 0 spiro atoms. The molecule has 2 aromatic carbocycles. The molecule has 0 fully saturated rings. The maximum atomic E-state index is 12.3. The van der Waals surface area contributed by atoms with Gasteiger partial charge in [-0.1, -0.05) is 6.07 Å². The second-order valence-corrected chi connectivity index (χ2v) is 8.70. The molecular weight excluding hydrogens is 438 g/mol. The van der Waals surface area contributed by atoms with Crippen molar-refractivity contribution in [1.82, 2.24) is 15.2 Å². The van der Waals surface area contributed by atoms with Crippen molar-refractivity contribution in [3.63, 3.8) is 0 Å². The Bertz CT molecular complexity index is 1100. The van der Waals surface area contributed by atoms with Gasteiger partial charge < -0.3 is 14.2 Å². The standard InChI is InChI=1S/C21H25N3O7S/c1-24(2)32(27,28)16-8-6-7-15(13-16)21(26)23-22-19(25)10-9-14-11-17(29-3)20(31-5)18(12-14)30-4/h6-13H,1-5H3,(H,22,25)(H,23,26)/b10-9+. The van der Waals surface area contributed by atoms with Crippen molar-refractivity contribution in [3.05, 3.63) is 53.6 Å². The third-order valence-corrected chi connectivity index (χ3v) is 6.10. The molecule has 0 aromatic heterocycles. The van der Waals surface area contributed by atoms with Crippen LogP contribution >= 0.6 is 0 Å². The minimum atomic E-state index is -3.69. The zero-order chi connectivity index (χ0) is 23.9. The number of ether oxygens (including phenoxy) is 3. The molecule has 0 atom stereocenters. The van der Waals surface area contributed by atoms with Gasteiger partial charge >= 0.3 is 0 Å². The highest BCUT2D eigenvalue weighted by Gasteiger charge is 2.19. The number of amides is 2. The van der Waals surface area contributed by atoms with Gasteiger partial charge in [-0.05, 0) is 42.0 Å². The van der Waals surface area contributed by atoms with E-state index in [1.807, 2.05) is 0 Å². The molecule has 172 valence electrons. The van der Waals surface area contributed by atoms with Gasteiger partial charge in [0, 0.05) is 25.7 Å². The number of methoxy groups -OCH3 is 3. The van der Waals surface area contributed by atoms with Gasteiger partial charge in [0.15, 0.2) is 11.5 Å². The predicted molar refractivity (Wildman–Crippen MR) is 118 cm³/mol. The maximum Gasteiger partial charge on any atom is 0.269 e. The minimum absolute atomic E-state index is 0.0382. The molecule has 0 heterocycles. The lowest BCUT2D eigenvalue weighted by Gasteiger charge is -2.13. The van der Waals surface area contributed by atoms with Crippen LogP contribution in [0.1, 0.15) is 15.9 Å². The Labute approximate surface area is 186 Å². The second kappa shape index (κ2) is 10.6. The van der Waals surface area contributed by atoms with Gasteiger partial charge in [0.2, 0.25) is 15.8 Å². The van der Waals surface area contributed by atoms with Crippen LogP contribution in [0.3, 0.4) is 0 Å². The van der Waals surface area contributed by atoms with E-state index in [0.29, 0.717) is 22.8 Å². The summed E-state index contributed by atoms with van der Waals surface area (Å²) in [5, 5.41) is 0. The van der Waals surface area contributed by atoms with Crippen LogP contribution < -0.4 is 25.1 Å². The number of hydrazine groups is 1. The summed E-state index contributed by atoms with van der Waals surface area (Å²) in [5.41, 5.74) is 5.15. The van der Waals surface area contributed by atoms with Crippen LogP contribution in [0.2, 0.25) is 0 Å². The Morgan fingerprint density at radius 3 is 2.09 bits per heavy atom. The van der Waals surface area contributed by atoms with Crippen molar-refractivity contribution < 1.29 is 32.2 Å². The number of nitrogens with zero attached hydrogens (tertiary/aromatic N) is 1. The summed E-state index contributed by atoms with van der Waals surface area (Å²) < 4.78 is 41.2. The fourth-order valence-corrected chi connectivity index (χ4v) is 3.56. The molecule has 0 saturated carbocycles. The zero-order valence-corrected chi connectivity index (χ0v) is 19.1. The fraction of sp³-hybridized carbons (Fsp3) is 0.238. The summed E-state index contributed by atoms with van der Waals surface area (Å²) in [6.07, 6.45) is 2.70. The first-order valence-electron chi connectivity index (χ1n) is 9.25. The van der Waals surface area contributed by atoms with Gasteiger partial charge in [-0.2, -0.15) is 0 Å². The Hall–Kier alpha value is -3.57. The van der Waals surface area contributed by atoms with E-state index in [9.17, 15) is 18.0 Å². The number of rotatable bonds is 8. The number of benzene rings is 2. The van der Waals surface area contributed by atoms with Crippen molar-refractivity contribution in [2.45, 2.75) is 4.90 Å². The van der Waals surface area contributed by atoms with Crippen molar-refractivity contribution in [3.8, 4) is 17.2 Å². The molecule has 2 N–H and O–H groups in total. The van der Waals surface area contributed by atoms with Crippen LogP contribution in [0.5, 0.6) is 17.2 Å². The van der Waals surface area contributed by atoms with E-state index in [1.54, 1.807) is 12.1 Å². The van der Waals surface area contributed by atoms with Crippen LogP contribution in [-0.4, -0.2) is 60.0 Å². The van der Waals surface area contributed by atoms with E-state index in [1.165, 1.54) is 71.8 Å².